The van der Waals surface area contributed by atoms with Crippen LogP contribution in [0, 0.1) is 11.6 Å². The highest BCUT2D eigenvalue weighted by molar-refractivity contribution is 5.35. The summed E-state index contributed by atoms with van der Waals surface area (Å²) in [6, 6.07) is 12.6. The summed E-state index contributed by atoms with van der Waals surface area (Å²) in [6.45, 7) is 12.1. The van der Waals surface area contributed by atoms with E-state index in [1.807, 2.05) is 13.0 Å². The number of piperazine rings is 1. The van der Waals surface area contributed by atoms with Crippen LogP contribution >= 0.6 is 0 Å². The first-order chi connectivity index (χ1) is 13.5. The molecule has 1 saturated heterocycles. The van der Waals surface area contributed by atoms with Crippen LogP contribution in [-0.2, 0) is 10.3 Å². The quantitative estimate of drug-likeness (QED) is 0.637. The number of hydrogen-bond donors (Lipinski definition) is 0. The van der Waals surface area contributed by atoms with Crippen molar-refractivity contribution < 1.29 is 13.5 Å². The van der Waals surface area contributed by atoms with Gasteiger partial charge < -0.3 is 4.74 Å². The second-order valence-electron chi connectivity index (χ2n) is 7.33. The van der Waals surface area contributed by atoms with Crippen LogP contribution in [0.2, 0.25) is 0 Å². The molecule has 1 heterocycles. The SMILES string of the molecule is C=CCN1CCN(CCOC(C)(c2ccc(F)cc2)c2ccc(F)cc2)CC1. The maximum atomic E-state index is 13.4. The van der Waals surface area contributed by atoms with E-state index in [0.29, 0.717) is 6.61 Å². The Labute approximate surface area is 166 Å². The lowest BCUT2D eigenvalue weighted by molar-refractivity contribution is -0.0188. The van der Waals surface area contributed by atoms with Crippen LogP contribution in [0.5, 0.6) is 0 Å². The van der Waals surface area contributed by atoms with Crippen LogP contribution in [0.4, 0.5) is 8.78 Å². The molecule has 3 rings (SSSR count). The van der Waals surface area contributed by atoms with Gasteiger partial charge in [-0.1, -0.05) is 30.3 Å². The van der Waals surface area contributed by atoms with Gasteiger partial charge in [0.15, 0.2) is 0 Å². The van der Waals surface area contributed by atoms with Crippen molar-refractivity contribution in [2.45, 2.75) is 12.5 Å². The molecule has 0 amide bonds. The average Bonchev–Trinajstić information content (AvgIpc) is 2.70. The van der Waals surface area contributed by atoms with E-state index in [4.69, 9.17) is 4.74 Å². The highest BCUT2D eigenvalue weighted by atomic mass is 19.1. The minimum Gasteiger partial charge on any atom is -0.365 e. The Morgan fingerprint density at radius 1 is 0.893 bits per heavy atom. The molecule has 0 atom stereocenters. The normalized spacial score (nSPS) is 16.2. The molecular weight excluding hydrogens is 358 g/mol. The first kappa shape index (κ1) is 20.6. The Balaban J connectivity index is 1.67. The van der Waals surface area contributed by atoms with E-state index >= 15 is 0 Å². The maximum absolute atomic E-state index is 13.4. The van der Waals surface area contributed by atoms with Crippen molar-refractivity contribution in [1.82, 2.24) is 9.80 Å². The molecule has 150 valence electrons. The van der Waals surface area contributed by atoms with Gasteiger partial charge in [-0.2, -0.15) is 0 Å². The van der Waals surface area contributed by atoms with Crippen LogP contribution in [-0.4, -0.2) is 55.7 Å². The summed E-state index contributed by atoms with van der Waals surface area (Å²) in [5.41, 5.74) is 0.916. The lowest BCUT2D eigenvalue weighted by atomic mass is 9.88. The van der Waals surface area contributed by atoms with E-state index in [0.717, 1.165) is 50.4 Å². The molecule has 5 heteroatoms. The van der Waals surface area contributed by atoms with Crippen molar-refractivity contribution in [3.05, 3.63) is 83.9 Å². The van der Waals surface area contributed by atoms with Gasteiger partial charge in [-0.05, 0) is 42.3 Å². The van der Waals surface area contributed by atoms with Gasteiger partial charge >= 0.3 is 0 Å². The number of nitrogens with zero attached hydrogens (tertiary/aromatic N) is 2. The minimum absolute atomic E-state index is 0.289. The molecule has 1 fully saturated rings. The van der Waals surface area contributed by atoms with Gasteiger partial charge in [-0.3, -0.25) is 9.80 Å². The fourth-order valence-electron chi connectivity index (χ4n) is 3.63. The molecule has 3 nitrogen and oxygen atoms in total. The van der Waals surface area contributed by atoms with Crippen molar-refractivity contribution in [3.8, 4) is 0 Å². The predicted molar refractivity (Wildman–Crippen MR) is 108 cm³/mol. The number of halogens is 2. The summed E-state index contributed by atoms with van der Waals surface area (Å²) in [7, 11) is 0. The van der Waals surface area contributed by atoms with E-state index in [2.05, 4.69) is 16.4 Å². The Morgan fingerprint density at radius 3 is 1.82 bits per heavy atom. The molecular formula is C23H28F2N2O. The third kappa shape index (κ3) is 5.04. The molecule has 2 aromatic rings. The molecule has 0 unspecified atom stereocenters. The number of hydrogen-bond acceptors (Lipinski definition) is 3. The van der Waals surface area contributed by atoms with Crippen LogP contribution in [0.15, 0.2) is 61.2 Å². The maximum Gasteiger partial charge on any atom is 0.123 e. The Bertz CT molecular complexity index is 708. The highest BCUT2D eigenvalue weighted by Gasteiger charge is 2.30. The summed E-state index contributed by atoms with van der Waals surface area (Å²) in [5.74, 6) is -0.579. The summed E-state index contributed by atoms with van der Waals surface area (Å²) in [5, 5.41) is 0. The van der Waals surface area contributed by atoms with Crippen molar-refractivity contribution in [2.24, 2.45) is 0 Å². The van der Waals surface area contributed by atoms with Crippen LogP contribution in [0.3, 0.4) is 0 Å². The van der Waals surface area contributed by atoms with Crippen molar-refractivity contribution >= 4 is 0 Å². The summed E-state index contributed by atoms with van der Waals surface area (Å²) >= 11 is 0. The lowest BCUT2D eigenvalue weighted by Gasteiger charge is -2.36. The standard InChI is InChI=1S/C23H28F2N2O/c1-3-12-26-13-15-27(16-14-26)17-18-28-23(2,19-4-8-21(24)9-5-19)20-6-10-22(25)11-7-20/h3-11H,1,12-18H2,2H3. The summed E-state index contributed by atoms with van der Waals surface area (Å²) < 4.78 is 33.2. The zero-order chi connectivity index (χ0) is 20.0. The lowest BCUT2D eigenvalue weighted by Crippen LogP contribution is -2.47. The first-order valence-electron chi connectivity index (χ1n) is 9.73. The molecule has 0 aromatic heterocycles. The fourth-order valence-corrected chi connectivity index (χ4v) is 3.63. The summed E-state index contributed by atoms with van der Waals surface area (Å²) in [4.78, 5) is 4.76. The van der Waals surface area contributed by atoms with Gasteiger partial charge in [0, 0.05) is 39.3 Å². The Kier molecular flexibility index (Phi) is 6.94. The van der Waals surface area contributed by atoms with E-state index in [-0.39, 0.29) is 11.6 Å². The van der Waals surface area contributed by atoms with Gasteiger partial charge in [0.1, 0.15) is 17.2 Å². The Hall–Kier alpha value is -2.08. The van der Waals surface area contributed by atoms with Crippen molar-refractivity contribution in [3.63, 3.8) is 0 Å². The second-order valence-corrected chi connectivity index (χ2v) is 7.33. The minimum atomic E-state index is -0.772. The number of benzene rings is 2. The predicted octanol–water partition coefficient (Wildman–Crippen LogP) is 4.05. The zero-order valence-corrected chi connectivity index (χ0v) is 16.4. The molecule has 28 heavy (non-hydrogen) atoms. The third-order valence-electron chi connectivity index (χ3n) is 5.44. The third-order valence-corrected chi connectivity index (χ3v) is 5.44. The molecule has 1 aliphatic rings. The van der Waals surface area contributed by atoms with E-state index in [9.17, 15) is 8.78 Å². The van der Waals surface area contributed by atoms with Crippen LogP contribution in [0.25, 0.3) is 0 Å². The molecule has 2 aromatic carbocycles. The van der Waals surface area contributed by atoms with Gasteiger partial charge in [0.05, 0.1) is 6.61 Å². The van der Waals surface area contributed by atoms with E-state index in [1.165, 1.54) is 24.3 Å². The van der Waals surface area contributed by atoms with Gasteiger partial charge in [-0.25, -0.2) is 8.78 Å². The van der Waals surface area contributed by atoms with Crippen LogP contribution < -0.4 is 0 Å². The molecule has 0 aliphatic carbocycles. The molecule has 0 spiro atoms. The van der Waals surface area contributed by atoms with Gasteiger partial charge in [0.2, 0.25) is 0 Å². The fraction of sp³-hybridized carbons (Fsp3) is 0.391. The van der Waals surface area contributed by atoms with Gasteiger partial charge in [0.25, 0.3) is 0 Å². The number of rotatable bonds is 8. The topological polar surface area (TPSA) is 15.7 Å². The van der Waals surface area contributed by atoms with Gasteiger partial charge in [-0.15, -0.1) is 6.58 Å². The van der Waals surface area contributed by atoms with E-state index in [1.54, 1.807) is 24.3 Å². The largest absolute Gasteiger partial charge is 0.365 e. The van der Waals surface area contributed by atoms with E-state index < -0.39 is 5.60 Å². The number of ether oxygens (including phenoxy) is 1. The van der Waals surface area contributed by atoms with Crippen molar-refractivity contribution in [1.29, 1.82) is 0 Å². The highest BCUT2D eigenvalue weighted by Crippen LogP contribution is 2.33. The molecule has 0 saturated carbocycles. The zero-order valence-electron chi connectivity index (χ0n) is 16.4. The molecule has 0 N–H and O–H groups in total. The van der Waals surface area contributed by atoms with Crippen LogP contribution in [0.1, 0.15) is 18.1 Å². The molecule has 0 radical (unpaired) electrons. The molecule has 0 bridgehead atoms. The first-order valence-corrected chi connectivity index (χ1v) is 9.73. The monoisotopic (exact) mass is 386 g/mol. The summed E-state index contributed by atoms with van der Waals surface area (Å²) in [6.07, 6.45) is 1.94. The average molecular weight is 386 g/mol. The smallest absolute Gasteiger partial charge is 0.123 e. The molecule has 1 aliphatic heterocycles. The second kappa shape index (κ2) is 9.41. The Morgan fingerprint density at radius 2 is 1.36 bits per heavy atom. The van der Waals surface area contributed by atoms with Crippen molar-refractivity contribution in [2.75, 3.05) is 45.9 Å².